The third-order valence-electron chi connectivity index (χ3n) is 12.3. The minimum Gasteiger partial charge on any atom is -0.466 e. The van der Waals surface area contributed by atoms with Crippen LogP contribution in [0.1, 0.15) is 118 Å². The highest BCUT2D eigenvalue weighted by Crippen LogP contribution is 2.68. The average molecular weight is 519 g/mol. The molecule has 0 bridgehead atoms. The summed E-state index contributed by atoms with van der Waals surface area (Å²) in [4.78, 5) is 11.2. The molecule has 0 aromatic carbocycles. The Morgan fingerprint density at radius 1 is 0.919 bits per heavy atom. The number of hydrogen-bond acceptors (Lipinski definition) is 4. The van der Waals surface area contributed by atoms with E-state index in [-0.39, 0.29) is 5.97 Å². The molecule has 0 spiro atoms. The second-order valence-corrected chi connectivity index (χ2v) is 14.3. The molecular weight excluding hydrogens is 460 g/mol. The van der Waals surface area contributed by atoms with Crippen molar-refractivity contribution in [1.29, 1.82) is 0 Å². The van der Waals surface area contributed by atoms with E-state index in [1.165, 1.54) is 84.0 Å². The van der Waals surface area contributed by atoms with Gasteiger partial charge in [0.1, 0.15) is 6.79 Å². The summed E-state index contributed by atoms with van der Waals surface area (Å²) in [6.07, 6.45) is 17.9. The highest BCUT2D eigenvalue weighted by Gasteiger charge is 2.61. The van der Waals surface area contributed by atoms with Gasteiger partial charge in [-0.2, -0.15) is 0 Å². The molecule has 0 heterocycles. The first-order valence-electron chi connectivity index (χ1n) is 15.9. The molecule has 0 aromatic rings. The molecule has 214 valence electrons. The normalized spacial score (nSPS) is 38.9. The predicted octanol–water partition coefficient (Wildman–Crippen LogP) is 8.28. The number of fused-ring (bicyclic) bond motifs is 5. The number of rotatable bonds is 12. The highest BCUT2D eigenvalue weighted by molar-refractivity contribution is 5.65. The van der Waals surface area contributed by atoms with Gasteiger partial charge in [0.25, 0.3) is 0 Å². The maximum atomic E-state index is 11.2. The number of carbonyl (C=O) groups excluding carboxylic acids is 1. The Balaban J connectivity index is 1.41. The van der Waals surface area contributed by atoms with E-state index in [1.807, 2.05) is 0 Å². The van der Waals surface area contributed by atoms with Crippen molar-refractivity contribution in [2.24, 2.45) is 58.2 Å². The molecule has 9 atom stereocenters. The minimum absolute atomic E-state index is 0.148. The smallest absolute Gasteiger partial charge is 0.302 e. The monoisotopic (exact) mass is 518 g/mol. The Morgan fingerprint density at radius 2 is 1.73 bits per heavy atom. The van der Waals surface area contributed by atoms with Gasteiger partial charge < -0.3 is 14.2 Å². The molecule has 4 aliphatic carbocycles. The first kappa shape index (κ1) is 29.4. The summed E-state index contributed by atoms with van der Waals surface area (Å²) < 4.78 is 16.8. The van der Waals surface area contributed by atoms with Gasteiger partial charge in [0.05, 0.1) is 13.2 Å². The first-order chi connectivity index (χ1) is 17.7. The molecule has 4 aliphatic rings. The summed E-state index contributed by atoms with van der Waals surface area (Å²) in [6, 6.07) is 0. The number of ether oxygens (including phenoxy) is 3. The van der Waals surface area contributed by atoms with Crippen LogP contribution in [0.2, 0.25) is 0 Å². The van der Waals surface area contributed by atoms with Crippen LogP contribution in [0, 0.1) is 58.2 Å². The van der Waals surface area contributed by atoms with Gasteiger partial charge in [-0.05, 0) is 122 Å². The maximum Gasteiger partial charge on any atom is 0.302 e. The molecule has 0 saturated heterocycles. The van der Waals surface area contributed by atoms with Crippen molar-refractivity contribution in [2.45, 2.75) is 118 Å². The second-order valence-electron chi connectivity index (χ2n) is 14.3. The molecule has 0 aromatic heterocycles. The summed E-state index contributed by atoms with van der Waals surface area (Å²) in [5.74, 6) is 6.35. The van der Waals surface area contributed by atoms with E-state index >= 15 is 0 Å². The van der Waals surface area contributed by atoms with E-state index in [0.717, 1.165) is 48.5 Å². The van der Waals surface area contributed by atoms with E-state index < -0.39 is 0 Å². The van der Waals surface area contributed by atoms with Crippen LogP contribution in [0.15, 0.2) is 0 Å². The Kier molecular flexibility index (Phi) is 10.1. The zero-order chi connectivity index (χ0) is 26.6. The topological polar surface area (TPSA) is 44.8 Å². The number of esters is 1. The number of hydrogen-bond donors (Lipinski definition) is 0. The third kappa shape index (κ3) is 6.11. The second kappa shape index (κ2) is 12.7. The van der Waals surface area contributed by atoms with Crippen LogP contribution in [0.4, 0.5) is 0 Å². The van der Waals surface area contributed by atoms with Gasteiger partial charge >= 0.3 is 5.97 Å². The van der Waals surface area contributed by atoms with E-state index in [0.29, 0.717) is 36.1 Å². The molecule has 0 radical (unpaired) electrons. The van der Waals surface area contributed by atoms with Gasteiger partial charge in [0.15, 0.2) is 0 Å². The number of carbonyl (C=O) groups is 1. The van der Waals surface area contributed by atoms with Gasteiger partial charge in [-0.3, -0.25) is 4.79 Å². The van der Waals surface area contributed by atoms with Crippen LogP contribution in [-0.2, 0) is 19.0 Å². The zero-order valence-electron chi connectivity index (χ0n) is 25.1. The van der Waals surface area contributed by atoms with Gasteiger partial charge in [-0.25, -0.2) is 0 Å². The van der Waals surface area contributed by atoms with Crippen LogP contribution < -0.4 is 0 Å². The molecule has 1 unspecified atom stereocenters. The lowest BCUT2D eigenvalue weighted by atomic mass is 9.44. The SMILES string of the molecule is COCOC[C@]12CCCCC1CC[C@@H]1[C@@H]2CC[C@]2(C)[C@@H]([C@H](C)CC[C@@H](CCOC(C)=O)C(C)C)CC[C@@H]12. The Morgan fingerprint density at radius 3 is 2.46 bits per heavy atom. The molecule has 0 amide bonds. The first-order valence-corrected chi connectivity index (χ1v) is 15.9. The van der Waals surface area contributed by atoms with Crippen LogP contribution in [0.5, 0.6) is 0 Å². The fraction of sp³-hybridized carbons (Fsp3) is 0.970. The van der Waals surface area contributed by atoms with Crippen molar-refractivity contribution in [3.05, 3.63) is 0 Å². The van der Waals surface area contributed by atoms with Crippen LogP contribution >= 0.6 is 0 Å². The van der Waals surface area contributed by atoms with Crippen molar-refractivity contribution < 1.29 is 19.0 Å². The summed E-state index contributed by atoms with van der Waals surface area (Å²) in [6.45, 7) is 13.4. The minimum atomic E-state index is -0.148. The van der Waals surface area contributed by atoms with E-state index in [4.69, 9.17) is 14.2 Å². The molecule has 0 N–H and O–H groups in total. The summed E-state index contributed by atoms with van der Waals surface area (Å²) in [7, 11) is 1.76. The van der Waals surface area contributed by atoms with Crippen molar-refractivity contribution >= 4 is 5.97 Å². The fourth-order valence-corrected chi connectivity index (χ4v) is 10.5. The molecule has 4 rings (SSSR count). The highest BCUT2D eigenvalue weighted by atomic mass is 16.7. The Labute approximate surface area is 228 Å². The fourth-order valence-electron chi connectivity index (χ4n) is 10.5. The summed E-state index contributed by atoms with van der Waals surface area (Å²) >= 11 is 0. The molecule has 4 fully saturated rings. The average Bonchev–Trinajstić information content (AvgIpc) is 3.22. The van der Waals surface area contributed by atoms with Crippen molar-refractivity contribution in [3.8, 4) is 0 Å². The summed E-state index contributed by atoms with van der Waals surface area (Å²) in [5.41, 5.74) is 0.929. The molecule has 0 aliphatic heterocycles. The lowest BCUT2D eigenvalue weighted by Crippen LogP contribution is -2.56. The molecular formula is C33H58O4. The van der Waals surface area contributed by atoms with Crippen LogP contribution in [-0.4, -0.2) is 33.1 Å². The van der Waals surface area contributed by atoms with E-state index in [1.54, 1.807) is 7.11 Å². The van der Waals surface area contributed by atoms with Crippen molar-refractivity contribution in [3.63, 3.8) is 0 Å². The zero-order valence-corrected chi connectivity index (χ0v) is 25.1. The molecule has 37 heavy (non-hydrogen) atoms. The molecule has 4 nitrogen and oxygen atoms in total. The van der Waals surface area contributed by atoms with Crippen molar-refractivity contribution in [2.75, 3.05) is 27.1 Å². The lowest BCUT2D eigenvalue weighted by Gasteiger charge is -2.61. The lowest BCUT2D eigenvalue weighted by molar-refractivity contribution is -0.168. The van der Waals surface area contributed by atoms with Gasteiger partial charge in [0.2, 0.25) is 0 Å². The van der Waals surface area contributed by atoms with Gasteiger partial charge in [-0.15, -0.1) is 0 Å². The van der Waals surface area contributed by atoms with E-state index in [2.05, 4.69) is 27.7 Å². The van der Waals surface area contributed by atoms with Gasteiger partial charge in [0, 0.05) is 14.0 Å². The molecule has 4 saturated carbocycles. The largest absolute Gasteiger partial charge is 0.466 e. The quantitative estimate of drug-likeness (QED) is 0.148. The van der Waals surface area contributed by atoms with E-state index in [9.17, 15) is 4.79 Å². The third-order valence-corrected chi connectivity index (χ3v) is 12.3. The van der Waals surface area contributed by atoms with Crippen LogP contribution in [0.3, 0.4) is 0 Å². The van der Waals surface area contributed by atoms with Gasteiger partial charge in [-0.1, -0.05) is 47.0 Å². The number of methoxy groups -OCH3 is 1. The maximum absolute atomic E-state index is 11.2. The molecule has 4 heteroatoms. The standard InChI is InChI=1S/C33H58O4/c1-23(2)26(17-20-37-25(4)34)11-10-24(3)29-14-15-30-28-13-12-27-9-7-8-18-33(27,21-36-22-35-6)31(28)16-19-32(29,30)5/h23-24,26-31H,7-22H2,1-6H3/t24-,26+,27?,28+,29-,30+,31+,32-,33-/m1/s1. The predicted molar refractivity (Wildman–Crippen MR) is 150 cm³/mol. The van der Waals surface area contributed by atoms with Crippen LogP contribution in [0.25, 0.3) is 0 Å². The Hall–Kier alpha value is -0.610. The Bertz CT molecular complexity index is 736. The van der Waals surface area contributed by atoms with Crippen molar-refractivity contribution in [1.82, 2.24) is 0 Å². The summed E-state index contributed by atoms with van der Waals surface area (Å²) in [5, 5.41) is 0.